The van der Waals surface area contributed by atoms with E-state index in [0.29, 0.717) is 11.3 Å². The molecule has 0 saturated carbocycles. The van der Waals surface area contributed by atoms with Gasteiger partial charge in [0.1, 0.15) is 5.69 Å². The van der Waals surface area contributed by atoms with Gasteiger partial charge in [0.25, 0.3) is 0 Å². The summed E-state index contributed by atoms with van der Waals surface area (Å²) in [6.45, 7) is 3.53. The lowest BCUT2D eigenvalue weighted by atomic mass is 10.1. The summed E-state index contributed by atoms with van der Waals surface area (Å²) in [6.07, 6.45) is 2.59. The first-order valence-corrected chi connectivity index (χ1v) is 9.72. The molecular formula is C21H19N3O3S. The van der Waals surface area contributed by atoms with Gasteiger partial charge in [-0.3, -0.25) is 4.79 Å². The van der Waals surface area contributed by atoms with Crippen LogP contribution in [0.5, 0.6) is 0 Å². The molecule has 0 bridgehead atoms. The molecule has 0 aliphatic heterocycles. The van der Waals surface area contributed by atoms with E-state index in [4.69, 9.17) is 4.74 Å². The van der Waals surface area contributed by atoms with Crippen LogP contribution < -0.4 is 0 Å². The summed E-state index contributed by atoms with van der Waals surface area (Å²) in [5.41, 5.74) is 3.42. The molecule has 0 aliphatic carbocycles. The van der Waals surface area contributed by atoms with E-state index in [2.05, 4.69) is 9.97 Å². The molecular weight excluding hydrogens is 374 g/mol. The van der Waals surface area contributed by atoms with Gasteiger partial charge in [-0.25, -0.2) is 9.78 Å². The highest BCUT2D eigenvalue weighted by atomic mass is 32.1. The number of para-hydroxylation sites is 1. The van der Waals surface area contributed by atoms with Gasteiger partial charge in [-0.1, -0.05) is 18.2 Å². The fourth-order valence-electron chi connectivity index (χ4n) is 3.17. The van der Waals surface area contributed by atoms with Crippen LogP contribution in [0, 0.1) is 6.92 Å². The monoisotopic (exact) mass is 393 g/mol. The number of Topliss-reactive ketones (excluding diaryl/α,β-unsaturated/α-hetero) is 1. The molecule has 4 rings (SSSR count). The van der Waals surface area contributed by atoms with Crippen LogP contribution in [0.1, 0.15) is 32.8 Å². The highest BCUT2D eigenvalue weighted by Crippen LogP contribution is 2.25. The molecule has 6 nitrogen and oxygen atoms in total. The number of aromatic amines is 1. The molecule has 0 saturated heterocycles. The van der Waals surface area contributed by atoms with Crippen LogP contribution in [0.15, 0.2) is 48.1 Å². The number of carbonyl (C=O) groups excluding carboxylic acids is 2. The maximum Gasteiger partial charge on any atom is 0.355 e. The summed E-state index contributed by atoms with van der Waals surface area (Å²) in [7, 11) is 1.77. The summed E-state index contributed by atoms with van der Waals surface area (Å²) in [5.74, 6) is -0.781. The summed E-state index contributed by atoms with van der Waals surface area (Å²) in [6, 6.07) is 9.27. The molecule has 142 valence electrons. The van der Waals surface area contributed by atoms with Crippen molar-refractivity contribution in [2.24, 2.45) is 7.05 Å². The number of thiazole rings is 1. The average molecular weight is 393 g/mol. The second kappa shape index (κ2) is 7.09. The van der Waals surface area contributed by atoms with Crippen molar-refractivity contribution in [1.29, 1.82) is 0 Å². The van der Waals surface area contributed by atoms with E-state index in [1.807, 2.05) is 42.8 Å². The highest BCUT2D eigenvalue weighted by Gasteiger charge is 2.24. The fourth-order valence-corrected chi connectivity index (χ4v) is 3.79. The summed E-state index contributed by atoms with van der Waals surface area (Å²) in [4.78, 5) is 32.9. The smallest absolute Gasteiger partial charge is 0.355 e. The number of hydrogen-bond acceptors (Lipinski definition) is 5. The van der Waals surface area contributed by atoms with Crippen LogP contribution in [0.4, 0.5) is 0 Å². The van der Waals surface area contributed by atoms with Crippen LogP contribution in [0.3, 0.4) is 0 Å². The number of benzene rings is 1. The molecule has 3 heterocycles. The van der Waals surface area contributed by atoms with E-state index in [0.717, 1.165) is 27.2 Å². The van der Waals surface area contributed by atoms with Crippen molar-refractivity contribution < 1.29 is 14.3 Å². The van der Waals surface area contributed by atoms with Gasteiger partial charge in [0, 0.05) is 46.9 Å². The second-order valence-corrected chi connectivity index (χ2v) is 7.70. The third-order valence-corrected chi connectivity index (χ3v) is 5.41. The number of H-pyrrole nitrogens is 1. The quantitative estimate of drug-likeness (QED) is 0.404. The minimum atomic E-state index is -0.897. The molecule has 3 aromatic heterocycles. The van der Waals surface area contributed by atoms with Crippen LogP contribution in [0.25, 0.3) is 22.2 Å². The predicted octanol–water partition coefficient (Wildman–Crippen LogP) is 4.37. The van der Waals surface area contributed by atoms with Crippen molar-refractivity contribution in [3.05, 3.63) is 64.4 Å². The largest absolute Gasteiger partial charge is 0.450 e. The number of ketones is 1. The van der Waals surface area contributed by atoms with Gasteiger partial charge in [0.15, 0.2) is 6.10 Å². The number of ether oxygens (including phenoxy) is 1. The fraction of sp³-hybridized carbons (Fsp3) is 0.190. The van der Waals surface area contributed by atoms with Gasteiger partial charge in [-0.15, -0.1) is 11.3 Å². The van der Waals surface area contributed by atoms with Crippen molar-refractivity contribution in [2.45, 2.75) is 20.0 Å². The van der Waals surface area contributed by atoms with Crippen molar-refractivity contribution >= 4 is 34.0 Å². The maximum absolute atomic E-state index is 12.8. The molecule has 0 radical (unpaired) electrons. The van der Waals surface area contributed by atoms with Crippen molar-refractivity contribution in [1.82, 2.24) is 14.5 Å². The molecule has 0 aliphatic rings. The highest BCUT2D eigenvalue weighted by molar-refractivity contribution is 7.09. The minimum absolute atomic E-state index is 0.240. The van der Waals surface area contributed by atoms with E-state index in [9.17, 15) is 9.59 Å². The Morgan fingerprint density at radius 3 is 2.82 bits per heavy atom. The second-order valence-electron chi connectivity index (χ2n) is 6.64. The minimum Gasteiger partial charge on any atom is -0.450 e. The molecule has 0 amide bonds. The van der Waals surface area contributed by atoms with Crippen LogP contribution in [0.2, 0.25) is 0 Å². The van der Waals surface area contributed by atoms with Crippen LogP contribution in [-0.2, 0) is 11.8 Å². The zero-order valence-corrected chi connectivity index (χ0v) is 16.5. The van der Waals surface area contributed by atoms with Gasteiger partial charge in [-0.2, -0.15) is 0 Å². The van der Waals surface area contributed by atoms with Gasteiger partial charge >= 0.3 is 5.97 Å². The van der Waals surface area contributed by atoms with Gasteiger partial charge in [0.05, 0.1) is 10.7 Å². The standard InChI is InChI=1S/C21H19N3O3S/c1-12(20(25)16-9-22-17-7-5-4-6-15(16)17)27-21(26)19-8-14(10-24(19)3)18-11-28-13(2)23-18/h4-12,22H,1-3H3. The molecule has 1 atom stereocenters. The summed E-state index contributed by atoms with van der Waals surface area (Å²) in [5, 5.41) is 3.72. The van der Waals surface area contributed by atoms with Crippen molar-refractivity contribution in [3.63, 3.8) is 0 Å². The number of nitrogens with one attached hydrogen (secondary N) is 1. The van der Waals surface area contributed by atoms with Crippen LogP contribution in [-0.4, -0.2) is 32.4 Å². The van der Waals surface area contributed by atoms with E-state index in [1.54, 1.807) is 42.1 Å². The Balaban J connectivity index is 1.53. The van der Waals surface area contributed by atoms with E-state index < -0.39 is 12.1 Å². The van der Waals surface area contributed by atoms with Crippen LogP contribution >= 0.6 is 11.3 Å². The molecule has 7 heteroatoms. The van der Waals surface area contributed by atoms with E-state index in [-0.39, 0.29) is 5.78 Å². The lowest BCUT2D eigenvalue weighted by Crippen LogP contribution is -2.25. The number of esters is 1. The Morgan fingerprint density at radius 1 is 1.29 bits per heavy atom. The van der Waals surface area contributed by atoms with E-state index in [1.165, 1.54) is 0 Å². The Bertz CT molecular complexity index is 1180. The number of aromatic nitrogens is 3. The van der Waals surface area contributed by atoms with Gasteiger partial charge in [0.2, 0.25) is 5.78 Å². The topological polar surface area (TPSA) is 77.0 Å². The molecule has 28 heavy (non-hydrogen) atoms. The van der Waals surface area contributed by atoms with Crippen molar-refractivity contribution in [2.75, 3.05) is 0 Å². The Kier molecular flexibility index (Phi) is 4.60. The molecule has 0 spiro atoms. The van der Waals surface area contributed by atoms with E-state index >= 15 is 0 Å². The third kappa shape index (κ3) is 3.25. The van der Waals surface area contributed by atoms with Gasteiger partial charge < -0.3 is 14.3 Å². The Labute approximate surface area is 165 Å². The number of hydrogen-bond donors (Lipinski definition) is 1. The third-order valence-electron chi connectivity index (χ3n) is 4.64. The number of nitrogens with zero attached hydrogens (tertiary/aromatic N) is 2. The molecule has 1 aromatic carbocycles. The average Bonchev–Trinajstić information content (AvgIpc) is 3.38. The number of carbonyl (C=O) groups is 2. The molecule has 0 fully saturated rings. The maximum atomic E-state index is 12.8. The Hall–Kier alpha value is -3.19. The Morgan fingerprint density at radius 2 is 2.07 bits per heavy atom. The zero-order valence-electron chi connectivity index (χ0n) is 15.7. The normalized spacial score (nSPS) is 12.2. The summed E-state index contributed by atoms with van der Waals surface area (Å²) < 4.78 is 7.15. The van der Waals surface area contributed by atoms with Gasteiger partial charge in [-0.05, 0) is 26.0 Å². The number of fused-ring (bicyclic) bond motifs is 1. The molecule has 1 N–H and O–H groups in total. The van der Waals surface area contributed by atoms with Crippen molar-refractivity contribution in [3.8, 4) is 11.3 Å². The lowest BCUT2D eigenvalue weighted by molar-refractivity contribution is 0.0310. The predicted molar refractivity (Wildman–Crippen MR) is 109 cm³/mol. The number of aryl methyl sites for hydroxylation is 2. The SMILES string of the molecule is Cc1nc(-c2cc(C(=O)OC(C)C(=O)c3c[nH]c4ccccc34)n(C)c2)cs1. The summed E-state index contributed by atoms with van der Waals surface area (Å²) >= 11 is 1.55. The first kappa shape index (κ1) is 18.2. The number of rotatable bonds is 5. The first-order chi connectivity index (χ1) is 13.4. The molecule has 4 aromatic rings. The lowest BCUT2D eigenvalue weighted by Gasteiger charge is -2.12. The zero-order chi connectivity index (χ0) is 19.8. The molecule has 1 unspecified atom stereocenters. The first-order valence-electron chi connectivity index (χ1n) is 8.84.